The number of rotatable bonds is 3. The predicted octanol–water partition coefficient (Wildman–Crippen LogP) is 6.06. The molecule has 0 nitrogen and oxygen atoms in total. The Hall–Kier alpha value is -0.450. The third-order valence-corrected chi connectivity index (χ3v) is 4.44. The van der Waals surface area contributed by atoms with Crippen molar-refractivity contribution < 1.29 is 8.78 Å². The maximum absolute atomic E-state index is 13.1. The highest BCUT2D eigenvalue weighted by Crippen LogP contribution is 2.34. The van der Waals surface area contributed by atoms with Crippen molar-refractivity contribution in [2.45, 2.75) is 11.2 Å². The van der Waals surface area contributed by atoms with Crippen LogP contribution in [0.3, 0.4) is 0 Å². The standard InChI is InChI=1S/C14H9Br2ClF2/c15-11(10-3-2-9(17)7-12(10)16)5-8-1-4-13(18)14(19)6-8/h1-4,6-7,11H,5H2. The summed E-state index contributed by atoms with van der Waals surface area (Å²) in [7, 11) is 0. The molecule has 1 atom stereocenters. The van der Waals surface area contributed by atoms with Gasteiger partial charge in [-0.2, -0.15) is 0 Å². The Morgan fingerprint density at radius 3 is 2.42 bits per heavy atom. The van der Waals surface area contributed by atoms with Gasteiger partial charge in [0.05, 0.1) is 0 Å². The average Bonchev–Trinajstić information content (AvgIpc) is 2.33. The number of hydrogen-bond acceptors (Lipinski definition) is 0. The predicted molar refractivity (Wildman–Crippen MR) is 80.9 cm³/mol. The fourth-order valence-electron chi connectivity index (χ4n) is 1.74. The van der Waals surface area contributed by atoms with Gasteiger partial charge in [-0.1, -0.05) is 55.6 Å². The van der Waals surface area contributed by atoms with Crippen molar-refractivity contribution in [2.75, 3.05) is 0 Å². The van der Waals surface area contributed by atoms with Crippen LogP contribution in [0.4, 0.5) is 8.78 Å². The Bertz CT molecular complexity index is 602. The van der Waals surface area contributed by atoms with E-state index >= 15 is 0 Å². The normalized spacial score (nSPS) is 12.5. The molecule has 2 aromatic rings. The van der Waals surface area contributed by atoms with Gasteiger partial charge in [0, 0.05) is 14.3 Å². The van der Waals surface area contributed by atoms with E-state index < -0.39 is 11.6 Å². The first-order valence-electron chi connectivity index (χ1n) is 5.50. The molecule has 0 spiro atoms. The molecule has 0 aliphatic heterocycles. The minimum absolute atomic E-state index is 0.0102. The van der Waals surface area contributed by atoms with Gasteiger partial charge in [0.25, 0.3) is 0 Å². The lowest BCUT2D eigenvalue weighted by molar-refractivity contribution is 0.507. The Morgan fingerprint density at radius 2 is 1.79 bits per heavy atom. The lowest BCUT2D eigenvalue weighted by atomic mass is 10.0. The zero-order chi connectivity index (χ0) is 14.0. The van der Waals surface area contributed by atoms with Crippen LogP contribution in [0.5, 0.6) is 0 Å². The third-order valence-electron chi connectivity index (χ3n) is 2.70. The van der Waals surface area contributed by atoms with Crippen molar-refractivity contribution >= 4 is 43.5 Å². The maximum Gasteiger partial charge on any atom is 0.159 e. The topological polar surface area (TPSA) is 0 Å². The molecule has 2 aromatic carbocycles. The first-order valence-corrected chi connectivity index (χ1v) is 7.59. The van der Waals surface area contributed by atoms with Crippen LogP contribution in [-0.2, 0) is 6.42 Å². The minimum atomic E-state index is -0.831. The summed E-state index contributed by atoms with van der Waals surface area (Å²) in [5.41, 5.74) is 1.73. The van der Waals surface area contributed by atoms with E-state index in [1.54, 1.807) is 18.2 Å². The highest BCUT2D eigenvalue weighted by molar-refractivity contribution is 9.11. The van der Waals surface area contributed by atoms with Crippen LogP contribution >= 0.6 is 43.5 Å². The van der Waals surface area contributed by atoms with E-state index in [-0.39, 0.29) is 4.83 Å². The van der Waals surface area contributed by atoms with Gasteiger partial charge in [0.1, 0.15) is 0 Å². The van der Waals surface area contributed by atoms with Crippen LogP contribution < -0.4 is 0 Å². The highest BCUT2D eigenvalue weighted by atomic mass is 79.9. The number of benzene rings is 2. The summed E-state index contributed by atoms with van der Waals surface area (Å²) in [5.74, 6) is -1.66. The van der Waals surface area contributed by atoms with Crippen molar-refractivity contribution in [3.63, 3.8) is 0 Å². The highest BCUT2D eigenvalue weighted by Gasteiger charge is 2.13. The first-order chi connectivity index (χ1) is 8.97. The molecule has 0 fully saturated rings. The van der Waals surface area contributed by atoms with E-state index in [9.17, 15) is 8.78 Å². The van der Waals surface area contributed by atoms with Crippen molar-refractivity contribution in [1.82, 2.24) is 0 Å². The molecular weight excluding hydrogens is 401 g/mol. The molecule has 1 unspecified atom stereocenters. The Kier molecular flexibility index (Phi) is 4.98. The zero-order valence-corrected chi connectivity index (χ0v) is 13.6. The molecule has 0 N–H and O–H groups in total. The maximum atomic E-state index is 13.1. The molecule has 0 aromatic heterocycles. The molecule has 0 saturated heterocycles. The minimum Gasteiger partial charge on any atom is -0.204 e. The lowest BCUT2D eigenvalue weighted by Crippen LogP contribution is -1.98. The Morgan fingerprint density at radius 1 is 1.05 bits per heavy atom. The fraction of sp³-hybridized carbons (Fsp3) is 0.143. The summed E-state index contributed by atoms with van der Waals surface area (Å²) >= 11 is 12.9. The first kappa shape index (κ1) is 14.9. The van der Waals surface area contributed by atoms with E-state index in [4.69, 9.17) is 11.6 Å². The molecule has 19 heavy (non-hydrogen) atoms. The number of halogens is 5. The van der Waals surface area contributed by atoms with E-state index in [2.05, 4.69) is 31.9 Å². The van der Waals surface area contributed by atoms with Gasteiger partial charge in [0.15, 0.2) is 11.6 Å². The van der Waals surface area contributed by atoms with E-state index in [1.165, 1.54) is 6.07 Å². The van der Waals surface area contributed by atoms with Crippen LogP contribution in [0.15, 0.2) is 40.9 Å². The Balaban J connectivity index is 2.20. The molecule has 0 aliphatic rings. The van der Waals surface area contributed by atoms with Crippen LogP contribution in [0.1, 0.15) is 16.0 Å². The van der Waals surface area contributed by atoms with Crippen molar-refractivity contribution in [3.8, 4) is 0 Å². The second kappa shape index (κ2) is 6.33. The Labute approximate surface area is 132 Å². The third kappa shape index (κ3) is 3.77. The van der Waals surface area contributed by atoms with Gasteiger partial charge in [-0.25, -0.2) is 8.78 Å². The lowest BCUT2D eigenvalue weighted by Gasteiger charge is -2.13. The summed E-state index contributed by atoms with van der Waals surface area (Å²) < 4.78 is 26.9. The summed E-state index contributed by atoms with van der Waals surface area (Å²) in [6, 6.07) is 9.43. The second-order valence-corrected chi connectivity index (χ2v) is 6.48. The van der Waals surface area contributed by atoms with Gasteiger partial charge in [0.2, 0.25) is 0 Å². The van der Waals surface area contributed by atoms with Gasteiger partial charge >= 0.3 is 0 Å². The summed E-state index contributed by atoms with van der Waals surface area (Å²) in [6.07, 6.45) is 0.553. The van der Waals surface area contributed by atoms with Gasteiger partial charge < -0.3 is 0 Å². The second-order valence-electron chi connectivity index (χ2n) is 4.09. The fourth-order valence-corrected chi connectivity index (χ4v) is 3.78. The monoisotopic (exact) mass is 408 g/mol. The van der Waals surface area contributed by atoms with Crippen molar-refractivity contribution in [3.05, 3.63) is 68.7 Å². The molecule has 100 valence electrons. The molecular formula is C14H9Br2ClF2. The molecule has 0 radical (unpaired) electrons. The molecule has 0 bridgehead atoms. The van der Waals surface area contributed by atoms with Gasteiger partial charge in [-0.15, -0.1) is 0 Å². The van der Waals surface area contributed by atoms with E-state index in [0.717, 1.165) is 21.7 Å². The molecule has 0 amide bonds. The molecule has 0 aliphatic carbocycles. The molecule has 0 heterocycles. The van der Waals surface area contributed by atoms with E-state index in [1.807, 2.05) is 6.07 Å². The van der Waals surface area contributed by atoms with Crippen LogP contribution in [-0.4, -0.2) is 0 Å². The quantitative estimate of drug-likeness (QED) is 0.540. The molecule has 2 rings (SSSR count). The molecule has 5 heteroatoms. The SMILES string of the molecule is Fc1ccc(CC(Br)c2ccc(Cl)cc2Br)cc1F. The average molecular weight is 410 g/mol. The summed E-state index contributed by atoms with van der Waals surface area (Å²) in [5, 5.41) is 0.642. The molecule has 0 saturated carbocycles. The van der Waals surface area contributed by atoms with Gasteiger partial charge in [-0.05, 0) is 41.8 Å². The summed E-state index contributed by atoms with van der Waals surface area (Å²) in [6.45, 7) is 0. The number of alkyl halides is 1. The van der Waals surface area contributed by atoms with Crippen LogP contribution in [0.25, 0.3) is 0 Å². The van der Waals surface area contributed by atoms with Gasteiger partial charge in [-0.3, -0.25) is 0 Å². The van der Waals surface area contributed by atoms with E-state index in [0.29, 0.717) is 11.4 Å². The number of hydrogen-bond donors (Lipinski definition) is 0. The van der Waals surface area contributed by atoms with Crippen LogP contribution in [0, 0.1) is 11.6 Å². The van der Waals surface area contributed by atoms with Crippen molar-refractivity contribution in [2.24, 2.45) is 0 Å². The summed E-state index contributed by atoms with van der Waals surface area (Å²) in [4.78, 5) is -0.0102. The van der Waals surface area contributed by atoms with Crippen LogP contribution in [0.2, 0.25) is 5.02 Å². The largest absolute Gasteiger partial charge is 0.204 e. The van der Waals surface area contributed by atoms with Crippen molar-refractivity contribution in [1.29, 1.82) is 0 Å². The zero-order valence-electron chi connectivity index (χ0n) is 9.64. The smallest absolute Gasteiger partial charge is 0.159 e.